The van der Waals surface area contributed by atoms with Crippen LogP contribution < -0.4 is 0 Å². The number of aliphatic hydroxyl groups excluding tert-OH is 4. The third kappa shape index (κ3) is 4.42. The van der Waals surface area contributed by atoms with Crippen LogP contribution in [0.2, 0.25) is 0 Å². The van der Waals surface area contributed by atoms with Crippen molar-refractivity contribution in [2.45, 2.75) is 56.9 Å². The highest BCUT2D eigenvalue weighted by molar-refractivity contribution is 5.41. The molecule has 1 heterocycles. The maximum Gasteiger partial charge on any atom is 0.222 e. The molecule has 1 aliphatic heterocycles. The Morgan fingerprint density at radius 3 is 2.37 bits per heavy atom. The van der Waals surface area contributed by atoms with E-state index in [0.29, 0.717) is 6.42 Å². The molecular weight excluding hydrogens is 384 g/mol. The second-order valence-electron chi connectivity index (χ2n) is 7.63. The maximum absolute atomic E-state index is 11.0. The molecule has 0 aliphatic carbocycles. The summed E-state index contributed by atoms with van der Waals surface area (Å²) in [6.07, 6.45) is -4.79. The van der Waals surface area contributed by atoms with E-state index >= 15 is 0 Å². The van der Waals surface area contributed by atoms with Gasteiger partial charge in [-0.3, -0.25) is 0 Å². The molecule has 5 atom stereocenters. The van der Waals surface area contributed by atoms with Crippen molar-refractivity contribution in [1.82, 2.24) is 0 Å². The van der Waals surface area contributed by atoms with E-state index in [1.54, 1.807) is 18.2 Å². The summed E-state index contributed by atoms with van der Waals surface area (Å²) in [5.74, 6) is 3.87. The molecule has 0 unspecified atom stereocenters. The Kier molecular flexibility index (Phi) is 6.94. The fourth-order valence-electron chi connectivity index (χ4n) is 3.59. The van der Waals surface area contributed by atoms with Gasteiger partial charge in [0.2, 0.25) is 5.79 Å². The Morgan fingerprint density at radius 2 is 1.73 bits per heavy atom. The van der Waals surface area contributed by atoms with E-state index in [1.807, 2.05) is 38.1 Å². The highest BCUT2D eigenvalue weighted by Crippen LogP contribution is 2.37. The molecule has 0 spiro atoms. The summed E-state index contributed by atoms with van der Waals surface area (Å²) in [5.41, 5.74) is 4.14. The lowest BCUT2D eigenvalue weighted by Crippen LogP contribution is -2.63. The van der Waals surface area contributed by atoms with E-state index in [9.17, 15) is 25.5 Å². The third-order valence-electron chi connectivity index (χ3n) is 5.49. The van der Waals surface area contributed by atoms with E-state index in [0.717, 1.165) is 28.7 Å². The average molecular weight is 412 g/mol. The molecule has 2 aromatic rings. The monoisotopic (exact) mass is 412 g/mol. The van der Waals surface area contributed by atoms with Crippen LogP contribution >= 0.6 is 0 Å². The van der Waals surface area contributed by atoms with Gasteiger partial charge in [-0.05, 0) is 48.2 Å². The van der Waals surface area contributed by atoms with E-state index in [4.69, 9.17) is 4.74 Å². The number of hydrogen-bond donors (Lipinski definition) is 5. The molecule has 6 heteroatoms. The highest BCUT2D eigenvalue weighted by Gasteiger charge is 2.53. The zero-order valence-corrected chi connectivity index (χ0v) is 17.1. The van der Waals surface area contributed by atoms with Crippen LogP contribution in [0.4, 0.5) is 0 Å². The predicted molar refractivity (Wildman–Crippen MR) is 111 cm³/mol. The van der Waals surface area contributed by atoms with E-state index in [2.05, 4.69) is 11.8 Å². The second kappa shape index (κ2) is 9.27. The average Bonchev–Trinajstić information content (AvgIpc) is 2.75. The first kappa shape index (κ1) is 22.4. The van der Waals surface area contributed by atoms with Gasteiger partial charge in [0.1, 0.15) is 24.4 Å². The van der Waals surface area contributed by atoms with Crippen LogP contribution in [0.15, 0.2) is 42.5 Å². The molecule has 0 radical (unpaired) electrons. The molecular formula is C24H28O6. The van der Waals surface area contributed by atoms with Gasteiger partial charge in [-0.15, -0.1) is 0 Å². The Bertz CT molecular complexity index is 927. The molecule has 5 N–H and O–H groups in total. The first-order chi connectivity index (χ1) is 14.3. The number of ether oxygens (including phenoxy) is 1. The van der Waals surface area contributed by atoms with Gasteiger partial charge in [0.05, 0.1) is 6.61 Å². The van der Waals surface area contributed by atoms with Crippen LogP contribution in [-0.2, 0) is 16.9 Å². The lowest BCUT2D eigenvalue weighted by molar-refractivity contribution is -0.357. The minimum Gasteiger partial charge on any atom is -0.394 e. The van der Waals surface area contributed by atoms with Crippen molar-refractivity contribution in [3.05, 3.63) is 70.3 Å². The standard InChI is InChI=1S/C24H28O6/c1-3-4-5-16-7-9-17(10-8-16)12-18-13-19(11-6-15(18)2)24(29)23(28)22(27)21(26)20(14-25)30-24/h6-11,13,20-23,25-29H,3,12,14H2,1-2H3/t20-,21-,22+,23-,24+/m1/s1. The Labute approximate surface area is 176 Å². The Balaban J connectivity index is 1.89. The van der Waals surface area contributed by atoms with Gasteiger partial charge in [-0.2, -0.15) is 0 Å². The summed E-state index contributed by atoms with van der Waals surface area (Å²) < 4.78 is 5.43. The van der Waals surface area contributed by atoms with Crippen LogP contribution in [0.5, 0.6) is 0 Å². The lowest BCUT2D eigenvalue weighted by Gasteiger charge is -2.45. The second-order valence-corrected chi connectivity index (χ2v) is 7.63. The molecule has 6 nitrogen and oxygen atoms in total. The summed E-state index contributed by atoms with van der Waals surface area (Å²) in [6.45, 7) is 3.33. The van der Waals surface area contributed by atoms with E-state index in [-0.39, 0.29) is 5.56 Å². The van der Waals surface area contributed by atoms with Crippen molar-refractivity contribution in [2.75, 3.05) is 6.61 Å². The van der Waals surface area contributed by atoms with Gasteiger partial charge in [0.25, 0.3) is 0 Å². The van der Waals surface area contributed by atoms with Gasteiger partial charge in [-0.25, -0.2) is 0 Å². The van der Waals surface area contributed by atoms with Crippen molar-refractivity contribution >= 4 is 0 Å². The fraction of sp³-hybridized carbons (Fsp3) is 0.417. The normalized spacial score (nSPS) is 28.6. The van der Waals surface area contributed by atoms with E-state index < -0.39 is 36.8 Å². The van der Waals surface area contributed by atoms with Gasteiger partial charge in [-0.1, -0.05) is 43.0 Å². The predicted octanol–water partition coefficient (Wildman–Crippen LogP) is 0.966. The van der Waals surface area contributed by atoms with Crippen molar-refractivity contribution in [3.63, 3.8) is 0 Å². The summed E-state index contributed by atoms with van der Waals surface area (Å²) in [7, 11) is 0. The molecule has 0 saturated carbocycles. The molecule has 0 amide bonds. The SMILES string of the molecule is CCC#Cc1ccc(Cc2cc([C@]3(O)O[C@H](CO)[C@@H](O)[C@H](O)[C@H]3O)ccc2C)cc1. The molecule has 1 fully saturated rings. The van der Waals surface area contributed by atoms with Crippen LogP contribution in [0.1, 0.15) is 41.2 Å². The fourth-order valence-corrected chi connectivity index (χ4v) is 3.59. The van der Waals surface area contributed by atoms with Crippen molar-refractivity contribution in [3.8, 4) is 11.8 Å². The van der Waals surface area contributed by atoms with Crippen molar-refractivity contribution < 1.29 is 30.3 Å². The Hall–Kier alpha value is -2.24. The number of benzene rings is 2. The smallest absolute Gasteiger partial charge is 0.222 e. The number of hydrogen-bond acceptors (Lipinski definition) is 6. The zero-order valence-electron chi connectivity index (χ0n) is 17.1. The topological polar surface area (TPSA) is 110 Å². The molecule has 0 bridgehead atoms. The van der Waals surface area contributed by atoms with Crippen LogP contribution in [-0.4, -0.2) is 56.6 Å². The largest absolute Gasteiger partial charge is 0.394 e. The first-order valence-corrected chi connectivity index (χ1v) is 10.0. The van der Waals surface area contributed by atoms with Crippen molar-refractivity contribution in [1.29, 1.82) is 0 Å². The van der Waals surface area contributed by atoms with Crippen LogP contribution in [0.3, 0.4) is 0 Å². The van der Waals surface area contributed by atoms with Crippen LogP contribution in [0.25, 0.3) is 0 Å². The molecule has 2 aromatic carbocycles. The Morgan fingerprint density at radius 1 is 1.03 bits per heavy atom. The van der Waals surface area contributed by atoms with Crippen LogP contribution in [0, 0.1) is 18.8 Å². The number of aryl methyl sites for hydroxylation is 1. The van der Waals surface area contributed by atoms with Crippen molar-refractivity contribution in [2.24, 2.45) is 0 Å². The maximum atomic E-state index is 11.0. The zero-order chi connectivity index (χ0) is 21.9. The highest BCUT2D eigenvalue weighted by atomic mass is 16.7. The molecule has 160 valence electrons. The number of aliphatic hydroxyl groups is 5. The molecule has 1 saturated heterocycles. The van der Waals surface area contributed by atoms with E-state index in [1.165, 1.54) is 0 Å². The number of rotatable bonds is 4. The van der Waals surface area contributed by atoms with Gasteiger partial charge in [0, 0.05) is 17.5 Å². The molecule has 30 heavy (non-hydrogen) atoms. The first-order valence-electron chi connectivity index (χ1n) is 10.0. The lowest BCUT2D eigenvalue weighted by atomic mass is 9.86. The summed E-state index contributed by atoms with van der Waals surface area (Å²) in [5, 5.41) is 50.9. The van der Waals surface area contributed by atoms with Gasteiger partial charge >= 0.3 is 0 Å². The van der Waals surface area contributed by atoms with Gasteiger partial charge < -0.3 is 30.3 Å². The minimum atomic E-state index is -2.26. The summed E-state index contributed by atoms with van der Waals surface area (Å²) in [4.78, 5) is 0. The molecule has 0 aromatic heterocycles. The quantitative estimate of drug-likeness (QED) is 0.479. The summed E-state index contributed by atoms with van der Waals surface area (Å²) >= 11 is 0. The summed E-state index contributed by atoms with van der Waals surface area (Å²) in [6, 6.07) is 13.0. The minimum absolute atomic E-state index is 0.241. The molecule has 1 aliphatic rings. The van der Waals surface area contributed by atoms with Gasteiger partial charge in [0.15, 0.2) is 0 Å². The molecule has 3 rings (SSSR count). The third-order valence-corrected chi connectivity index (χ3v) is 5.49.